The van der Waals surface area contributed by atoms with Crippen LogP contribution in [0.4, 0.5) is 4.39 Å². The van der Waals surface area contributed by atoms with Gasteiger partial charge in [-0.1, -0.05) is 6.07 Å². The van der Waals surface area contributed by atoms with Crippen LogP contribution in [-0.2, 0) is 0 Å². The number of benzene rings is 1. The molecule has 0 atom stereocenters. The Morgan fingerprint density at radius 2 is 2.06 bits per heavy atom. The molecular formula is C13H8FIN2O. The number of nitrogens with one attached hydrogen (secondary N) is 1. The molecule has 0 spiro atoms. The summed E-state index contributed by atoms with van der Waals surface area (Å²) in [5.74, 6) is -0.344. The lowest BCUT2D eigenvalue weighted by Gasteiger charge is -2.07. The van der Waals surface area contributed by atoms with Crippen LogP contribution in [0.2, 0.25) is 0 Å². The molecule has 0 amide bonds. The van der Waals surface area contributed by atoms with Crippen LogP contribution in [0.15, 0.2) is 29.1 Å². The summed E-state index contributed by atoms with van der Waals surface area (Å²) in [7, 11) is 0. The molecule has 0 aliphatic rings. The first-order valence-electron chi connectivity index (χ1n) is 5.12. The first-order valence-corrected chi connectivity index (χ1v) is 6.20. The molecule has 0 unspecified atom stereocenters. The zero-order valence-corrected chi connectivity index (χ0v) is 11.6. The van der Waals surface area contributed by atoms with Crippen LogP contribution < -0.4 is 5.56 Å². The predicted octanol–water partition coefficient (Wildman–Crippen LogP) is 2.97. The number of hydrogen-bond donors (Lipinski definition) is 1. The smallest absolute Gasteiger partial charge is 0.266 e. The molecule has 1 aromatic carbocycles. The molecule has 2 rings (SSSR count). The lowest BCUT2D eigenvalue weighted by Crippen LogP contribution is -2.13. The summed E-state index contributed by atoms with van der Waals surface area (Å²) in [6.07, 6.45) is 0. The van der Waals surface area contributed by atoms with Gasteiger partial charge >= 0.3 is 0 Å². The fourth-order valence-electron chi connectivity index (χ4n) is 1.72. The van der Waals surface area contributed by atoms with Crippen molar-refractivity contribution < 1.29 is 4.39 Å². The van der Waals surface area contributed by atoms with Crippen LogP contribution in [-0.4, -0.2) is 4.98 Å². The van der Waals surface area contributed by atoms with E-state index in [9.17, 15) is 9.18 Å². The highest BCUT2D eigenvalue weighted by atomic mass is 127. The van der Waals surface area contributed by atoms with E-state index in [0.717, 1.165) is 0 Å². The number of hydrogen-bond acceptors (Lipinski definition) is 2. The van der Waals surface area contributed by atoms with E-state index >= 15 is 0 Å². The topological polar surface area (TPSA) is 56.6 Å². The highest BCUT2D eigenvalue weighted by Gasteiger charge is 2.13. The summed E-state index contributed by atoms with van der Waals surface area (Å²) in [4.78, 5) is 14.3. The first kappa shape index (κ1) is 12.8. The molecule has 0 radical (unpaired) electrons. The van der Waals surface area contributed by atoms with Gasteiger partial charge in [0.15, 0.2) is 0 Å². The van der Waals surface area contributed by atoms with Crippen molar-refractivity contribution >= 4 is 22.6 Å². The Labute approximate surface area is 116 Å². The van der Waals surface area contributed by atoms with E-state index in [2.05, 4.69) is 4.98 Å². The first-order chi connectivity index (χ1) is 8.52. The van der Waals surface area contributed by atoms with Gasteiger partial charge in [-0.05, 0) is 53.3 Å². The summed E-state index contributed by atoms with van der Waals surface area (Å²) >= 11 is 1.98. The van der Waals surface area contributed by atoms with Gasteiger partial charge in [-0.25, -0.2) is 4.39 Å². The van der Waals surface area contributed by atoms with Gasteiger partial charge < -0.3 is 4.98 Å². The fourth-order valence-corrected chi connectivity index (χ4v) is 2.49. The minimum absolute atomic E-state index is 0.0464. The third-order valence-electron chi connectivity index (χ3n) is 2.50. The Morgan fingerprint density at radius 3 is 2.67 bits per heavy atom. The predicted molar refractivity (Wildman–Crippen MR) is 74.6 cm³/mol. The van der Waals surface area contributed by atoms with E-state index in [0.29, 0.717) is 20.4 Å². The van der Waals surface area contributed by atoms with Crippen LogP contribution in [0.3, 0.4) is 0 Å². The van der Waals surface area contributed by atoms with Gasteiger partial charge in [-0.3, -0.25) is 4.79 Å². The number of aryl methyl sites for hydroxylation is 1. The number of H-pyrrole nitrogens is 1. The summed E-state index contributed by atoms with van der Waals surface area (Å²) in [5.41, 5.74) is 1.50. The van der Waals surface area contributed by atoms with Gasteiger partial charge in [0, 0.05) is 14.8 Å². The molecule has 90 valence electrons. The normalized spacial score (nSPS) is 10.1. The van der Waals surface area contributed by atoms with Crippen molar-refractivity contribution in [1.82, 2.24) is 4.98 Å². The summed E-state index contributed by atoms with van der Waals surface area (Å²) in [5, 5.41) is 9.05. The van der Waals surface area contributed by atoms with E-state index in [1.165, 1.54) is 12.1 Å². The number of rotatable bonds is 1. The van der Waals surface area contributed by atoms with Crippen molar-refractivity contribution in [2.24, 2.45) is 0 Å². The number of nitriles is 1. The van der Waals surface area contributed by atoms with E-state index in [1.54, 1.807) is 19.1 Å². The molecule has 1 N–H and O–H groups in total. The maximum Gasteiger partial charge on any atom is 0.266 e. The average Bonchev–Trinajstić information content (AvgIpc) is 2.28. The molecule has 18 heavy (non-hydrogen) atoms. The van der Waals surface area contributed by atoms with Crippen LogP contribution in [0.25, 0.3) is 11.1 Å². The second-order valence-corrected chi connectivity index (χ2v) is 4.97. The number of halogens is 2. The Bertz CT molecular complexity index is 716. The number of aromatic amines is 1. The van der Waals surface area contributed by atoms with Gasteiger partial charge in [0.25, 0.3) is 5.56 Å². The van der Waals surface area contributed by atoms with Gasteiger partial charge in [0.05, 0.1) is 0 Å². The van der Waals surface area contributed by atoms with Crippen molar-refractivity contribution in [2.45, 2.75) is 6.92 Å². The van der Waals surface area contributed by atoms with Gasteiger partial charge in [0.2, 0.25) is 0 Å². The van der Waals surface area contributed by atoms with Gasteiger partial charge in [0.1, 0.15) is 17.4 Å². The SMILES string of the molecule is Cc1cc(-c2ccc(F)cc2I)c(C#N)c(=O)[nH]1. The van der Waals surface area contributed by atoms with Crippen LogP contribution in [0.5, 0.6) is 0 Å². The average molecular weight is 354 g/mol. The summed E-state index contributed by atoms with van der Waals surface area (Å²) in [6, 6.07) is 7.87. The van der Waals surface area contributed by atoms with Gasteiger partial charge in [-0.2, -0.15) is 5.26 Å². The lowest BCUT2D eigenvalue weighted by atomic mass is 10.0. The largest absolute Gasteiger partial charge is 0.325 e. The fraction of sp³-hybridized carbons (Fsp3) is 0.0769. The number of nitrogens with zero attached hydrogens (tertiary/aromatic N) is 1. The molecular weight excluding hydrogens is 346 g/mol. The van der Waals surface area contributed by atoms with Crippen molar-refractivity contribution in [2.75, 3.05) is 0 Å². The van der Waals surface area contributed by atoms with Crippen LogP contribution in [0.1, 0.15) is 11.3 Å². The Hall–Kier alpha value is -1.68. The van der Waals surface area contributed by atoms with Crippen LogP contribution in [0, 0.1) is 27.6 Å². The second kappa shape index (κ2) is 4.90. The third kappa shape index (κ3) is 2.29. The second-order valence-electron chi connectivity index (χ2n) is 3.81. The third-order valence-corrected chi connectivity index (χ3v) is 3.39. The standard InChI is InChI=1S/C13H8FIN2O/c1-7-4-10(11(6-16)13(18)17-7)9-3-2-8(14)5-12(9)15/h2-5H,1H3,(H,17,18). The zero-order valence-electron chi connectivity index (χ0n) is 9.42. The van der Waals surface area contributed by atoms with Gasteiger partial charge in [-0.15, -0.1) is 0 Å². The lowest BCUT2D eigenvalue weighted by molar-refractivity contribution is 0.627. The molecule has 1 heterocycles. The molecule has 0 saturated carbocycles. The van der Waals surface area contributed by atoms with E-state index in [1.807, 2.05) is 28.7 Å². The maximum absolute atomic E-state index is 13.1. The molecule has 5 heteroatoms. The van der Waals surface area contributed by atoms with E-state index in [-0.39, 0.29) is 11.4 Å². The van der Waals surface area contributed by atoms with Crippen LogP contribution >= 0.6 is 22.6 Å². The molecule has 0 aliphatic carbocycles. The Balaban J connectivity index is 2.79. The van der Waals surface area contributed by atoms with Crippen molar-refractivity contribution in [1.29, 1.82) is 5.26 Å². The van der Waals surface area contributed by atoms with Crippen molar-refractivity contribution in [3.8, 4) is 17.2 Å². The minimum Gasteiger partial charge on any atom is -0.325 e. The zero-order chi connectivity index (χ0) is 13.3. The molecule has 0 saturated heterocycles. The molecule has 0 bridgehead atoms. The quantitative estimate of drug-likeness (QED) is 0.801. The molecule has 0 aliphatic heterocycles. The Morgan fingerprint density at radius 1 is 1.33 bits per heavy atom. The highest BCUT2D eigenvalue weighted by molar-refractivity contribution is 14.1. The van der Waals surface area contributed by atoms with Crippen molar-refractivity contribution in [3.05, 3.63) is 55.3 Å². The minimum atomic E-state index is -0.423. The molecule has 1 aromatic heterocycles. The summed E-state index contributed by atoms with van der Waals surface area (Å²) in [6.45, 7) is 1.74. The maximum atomic E-state index is 13.1. The molecule has 3 nitrogen and oxygen atoms in total. The van der Waals surface area contributed by atoms with Crippen molar-refractivity contribution in [3.63, 3.8) is 0 Å². The molecule has 0 fully saturated rings. The van der Waals surface area contributed by atoms with E-state index in [4.69, 9.17) is 5.26 Å². The summed E-state index contributed by atoms with van der Waals surface area (Å²) < 4.78 is 13.7. The highest BCUT2D eigenvalue weighted by Crippen LogP contribution is 2.27. The number of pyridine rings is 1. The Kier molecular flexibility index (Phi) is 3.48. The monoisotopic (exact) mass is 354 g/mol. The number of aromatic nitrogens is 1. The molecule has 2 aromatic rings. The van der Waals surface area contributed by atoms with E-state index < -0.39 is 5.56 Å².